The molecule has 3 rings (SSSR count). The van der Waals surface area contributed by atoms with E-state index in [2.05, 4.69) is 31.0 Å². The van der Waals surface area contributed by atoms with E-state index in [-0.39, 0.29) is 5.91 Å². The zero-order chi connectivity index (χ0) is 19.1. The second kappa shape index (κ2) is 9.88. The average Bonchev–Trinajstić information content (AvgIpc) is 2.66. The lowest BCUT2D eigenvalue weighted by atomic mass is 10.2. The van der Waals surface area contributed by atoms with Gasteiger partial charge in [-0.25, -0.2) is 0 Å². The topological polar surface area (TPSA) is 44.8 Å². The smallest absolute Gasteiger partial charge is 0.238 e. The first-order valence-corrected chi connectivity index (χ1v) is 10.1. The maximum absolute atomic E-state index is 12.3. The molecule has 1 aliphatic heterocycles. The van der Waals surface area contributed by atoms with Crippen molar-refractivity contribution in [2.75, 3.05) is 51.2 Å². The van der Waals surface area contributed by atoms with Crippen molar-refractivity contribution in [1.82, 2.24) is 9.80 Å². The van der Waals surface area contributed by atoms with E-state index in [1.54, 1.807) is 0 Å². The molecule has 0 radical (unpaired) electrons. The number of benzene rings is 2. The average molecular weight is 432 g/mol. The van der Waals surface area contributed by atoms with Crippen LogP contribution in [0, 0.1) is 6.92 Å². The minimum Gasteiger partial charge on any atom is -0.492 e. The molecule has 0 unspecified atom stereocenters. The van der Waals surface area contributed by atoms with E-state index in [9.17, 15) is 4.79 Å². The van der Waals surface area contributed by atoms with Crippen molar-refractivity contribution in [2.24, 2.45) is 0 Å². The van der Waals surface area contributed by atoms with Gasteiger partial charge in [0.15, 0.2) is 0 Å². The van der Waals surface area contributed by atoms with Gasteiger partial charge in [0.2, 0.25) is 5.91 Å². The molecule has 0 aliphatic carbocycles. The number of carbonyl (C=O) groups is 1. The van der Waals surface area contributed by atoms with Crippen LogP contribution in [0.25, 0.3) is 0 Å². The Bertz CT molecular complexity index is 746. The molecule has 0 saturated carbocycles. The SMILES string of the molecule is Cc1ccc(NC(=O)CN2CCN(CCOc3ccccc3)CC2)c(Br)c1. The van der Waals surface area contributed by atoms with Gasteiger partial charge in [-0.3, -0.25) is 14.6 Å². The standard InChI is InChI=1S/C21H26BrN3O2/c1-17-7-8-20(19(22)15-17)23-21(26)16-25-11-9-24(10-12-25)13-14-27-18-5-3-2-4-6-18/h2-8,15H,9-14,16H2,1H3,(H,23,26). The highest BCUT2D eigenvalue weighted by atomic mass is 79.9. The summed E-state index contributed by atoms with van der Waals surface area (Å²) in [6.07, 6.45) is 0. The first kappa shape index (κ1) is 19.9. The molecule has 0 bridgehead atoms. The summed E-state index contributed by atoms with van der Waals surface area (Å²) in [5.74, 6) is 0.940. The molecule has 5 nitrogen and oxygen atoms in total. The Balaban J connectivity index is 1.35. The predicted octanol–water partition coefficient (Wildman–Crippen LogP) is 3.39. The van der Waals surface area contributed by atoms with Gasteiger partial charge in [-0.15, -0.1) is 0 Å². The lowest BCUT2D eigenvalue weighted by Crippen LogP contribution is -2.49. The lowest BCUT2D eigenvalue weighted by Gasteiger charge is -2.34. The Labute approximate surface area is 169 Å². The first-order valence-electron chi connectivity index (χ1n) is 9.29. The third-order valence-electron chi connectivity index (χ3n) is 4.65. The van der Waals surface area contributed by atoms with Crippen LogP contribution in [0.1, 0.15) is 5.56 Å². The highest BCUT2D eigenvalue weighted by Gasteiger charge is 2.19. The monoisotopic (exact) mass is 431 g/mol. The molecule has 27 heavy (non-hydrogen) atoms. The molecule has 1 heterocycles. The van der Waals surface area contributed by atoms with E-state index < -0.39 is 0 Å². The number of rotatable bonds is 7. The fraction of sp³-hybridized carbons (Fsp3) is 0.381. The molecule has 0 spiro atoms. The van der Waals surface area contributed by atoms with Gasteiger partial charge in [0.25, 0.3) is 0 Å². The second-order valence-corrected chi connectivity index (χ2v) is 7.67. The third kappa shape index (κ3) is 6.34. The zero-order valence-electron chi connectivity index (χ0n) is 15.7. The molecule has 1 aliphatic rings. The number of aryl methyl sites for hydroxylation is 1. The Morgan fingerprint density at radius 2 is 1.78 bits per heavy atom. The van der Waals surface area contributed by atoms with Gasteiger partial charge in [0.1, 0.15) is 12.4 Å². The number of halogens is 1. The van der Waals surface area contributed by atoms with Crippen LogP contribution in [0.5, 0.6) is 5.75 Å². The van der Waals surface area contributed by atoms with E-state index in [4.69, 9.17) is 4.74 Å². The Kier molecular flexibility index (Phi) is 7.26. The van der Waals surface area contributed by atoms with Crippen molar-refractivity contribution in [3.63, 3.8) is 0 Å². The number of nitrogens with zero attached hydrogens (tertiary/aromatic N) is 2. The van der Waals surface area contributed by atoms with Crippen molar-refractivity contribution in [3.05, 3.63) is 58.6 Å². The Morgan fingerprint density at radius 3 is 2.48 bits per heavy atom. The molecule has 1 saturated heterocycles. The molecule has 1 fully saturated rings. The maximum Gasteiger partial charge on any atom is 0.238 e. The summed E-state index contributed by atoms with van der Waals surface area (Å²) in [5.41, 5.74) is 1.98. The van der Waals surface area contributed by atoms with Crippen LogP contribution in [-0.2, 0) is 4.79 Å². The molecule has 0 atom stereocenters. The number of piperazine rings is 1. The minimum atomic E-state index is 0.0282. The highest BCUT2D eigenvalue weighted by molar-refractivity contribution is 9.10. The van der Waals surface area contributed by atoms with Crippen molar-refractivity contribution < 1.29 is 9.53 Å². The summed E-state index contributed by atoms with van der Waals surface area (Å²) in [5, 5.41) is 2.99. The van der Waals surface area contributed by atoms with E-state index in [0.29, 0.717) is 13.2 Å². The molecule has 2 aromatic carbocycles. The second-order valence-electron chi connectivity index (χ2n) is 6.81. The summed E-state index contributed by atoms with van der Waals surface area (Å²) in [6, 6.07) is 15.8. The third-order valence-corrected chi connectivity index (χ3v) is 5.31. The number of anilines is 1. The van der Waals surface area contributed by atoms with Crippen molar-refractivity contribution in [2.45, 2.75) is 6.92 Å². The van der Waals surface area contributed by atoms with E-state index in [1.807, 2.05) is 55.5 Å². The van der Waals surface area contributed by atoms with E-state index in [0.717, 1.165) is 54.2 Å². The summed E-state index contributed by atoms with van der Waals surface area (Å²) < 4.78 is 6.68. The fourth-order valence-corrected chi connectivity index (χ4v) is 3.69. The number of amides is 1. The largest absolute Gasteiger partial charge is 0.492 e. The normalized spacial score (nSPS) is 15.5. The van der Waals surface area contributed by atoms with E-state index >= 15 is 0 Å². The molecule has 2 aromatic rings. The summed E-state index contributed by atoms with van der Waals surface area (Å²) in [6.45, 7) is 7.76. The molecule has 1 N–H and O–H groups in total. The van der Waals surface area contributed by atoms with Crippen LogP contribution in [0.3, 0.4) is 0 Å². The minimum absolute atomic E-state index is 0.0282. The van der Waals surface area contributed by atoms with Gasteiger partial charge in [-0.1, -0.05) is 24.3 Å². The van der Waals surface area contributed by atoms with Gasteiger partial charge in [0, 0.05) is 37.2 Å². The summed E-state index contributed by atoms with van der Waals surface area (Å²) in [4.78, 5) is 16.9. The van der Waals surface area contributed by atoms with Gasteiger partial charge in [-0.05, 0) is 52.7 Å². The van der Waals surface area contributed by atoms with Crippen LogP contribution >= 0.6 is 15.9 Å². The lowest BCUT2D eigenvalue weighted by molar-refractivity contribution is -0.117. The van der Waals surface area contributed by atoms with Crippen LogP contribution < -0.4 is 10.1 Å². The fourth-order valence-electron chi connectivity index (χ4n) is 3.09. The summed E-state index contributed by atoms with van der Waals surface area (Å²) >= 11 is 3.50. The number of hydrogen-bond donors (Lipinski definition) is 1. The number of carbonyl (C=O) groups excluding carboxylic acids is 1. The Hall–Kier alpha value is -1.89. The van der Waals surface area contributed by atoms with Crippen LogP contribution in [0.2, 0.25) is 0 Å². The molecular weight excluding hydrogens is 406 g/mol. The molecule has 1 amide bonds. The number of ether oxygens (including phenoxy) is 1. The van der Waals surface area contributed by atoms with Crippen molar-refractivity contribution >= 4 is 27.5 Å². The summed E-state index contributed by atoms with van der Waals surface area (Å²) in [7, 11) is 0. The van der Waals surface area contributed by atoms with Gasteiger partial charge in [0.05, 0.1) is 12.2 Å². The maximum atomic E-state index is 12.3. The number of hydrogen-bond acceptors (Lipinski definition) is 4. The van der Waals surface area contributed by atoms with Gasteiger partial charge >= 0.3 is 0 Å². The zero-order valence-corrected chi connectivity index (χ0v) is 17.2. The van der Waals surface area contributed by atoms with Crippen LogP contribution in [-0.4, -0.2) is 61.6 Å². The van der Waals surface area contributed by atoms with Crippen molar-refractivity contribution in [3.8, 4) is 5.75 Å². The molecule has 144 valence electrons. The van der Waals surface area contributed by atoms with Gasteiger partial charge in [-0.2, -0.15) is 0 Å². The van der Waals surface area contributed by atoms with E-state index in [1.165, 1.54) is 0 Å². The van der Waals surface area contributed by atoms with Crippen molar-refractivity contribution in [1.29, 1.82) is 0 Å². The highest BCUT2D eigenvalue weighted by Crippen LogP contribution is 2.23. The first-order chi connectivity index (χ1) is 13.1. The Morgan fingerprint density at radius 1 is 1.07 bits per heavy atom. The molecule has 6 heteroatoms. The quantitative estimate of drug-likeness (QED) is 0.729. The number of nitrogens with one attached hydrogen (secondary N) is 1. The molecular formula is C21H26BrN3O2. The van der Waals surface area contributed by atoms with Crippen LogP contribution in [0.15, 0.2) is 53.0 Å². The number of para-hydroxylation sites is 1. The van der Waals surface area contributed by atoms with Gasteiger partial charge < -0.3 is 10.1 Å². The van der Waals surface area contributed by atoms with Crippen LogP contribution in [0.4, 0.5) is 5.69 Å². The molecule has 0 aromatic heterocycles. The predicted molar refractivity (Wildman–Crippen MR) is 112 cm³/mol.